The fraction of sp³-hybridized carbons (Fsp3) is 0.0159. The highest BCUT2D eigenvalue weighted by atomic mass is 15.1. The molecule has 0 saturated heterocycles. The van der Waals surface area contributed by atoms with Gasteiger partial charge in [0, 0.05) is 33.5 Å². The third kappa shape index (κ3) is 5.88. The van der Waals surface area contributed by atoms with Crippen molar-refractivity contribution < 1.29 is 6.85 Å². The number of nitrogens with zero attached hydrogens (tertiary/aromatic N) is 2. The van der Waals surface area contributed by atoms with Gasteiger partial charge in [0.15, 0.2) is 0 Å². The van der Waals surface area contributed by atoms with Crippen molar-refractivity contribution in [2.75, 3.05) is 4.90 Å². The molecule has 1 aromatic heterocycles. The first kappa shape index (κ1) is 33.1. The van der Waals surface area contributed by atoms with Crippen molar-refractivity contribution in [1.29, 1.82) is 0 Å². The van der Waals surface area contributed by atoms with Crippen molar-refractivity contribution >= 4 is 60.4 Å². The van der Waals surface area contributed by atoms with Crippen molar-refractivity contribution in [3.63, 3.8) is 0 Å². The molecule has 0 N–H and O–H groups in total. The predicted octanol–water partition coefficient (Wildman–Crippen LogP) is 16.8. The summed E-state index contributed by atoms with van der Waals surface area (Å²) in [6, 6.07) is 64.4. The third-order valence-electron chi connectivity index (χ3n) is 13.2. The topological polar surface area (TPSA) is 8.17 Å². The summed E-state index contributed by atoms with van der Waals surface area (Å²) in [5.41, 5.74) is 9.61. The highest BCUT2D eigenvalue weighted by Gasteiger charge is 2.46. The lowest BCUT2D eigenvalue weighted by atomic mass is 9.67. The van der Waals surface area contributed by atoms with Crippen molar-refractivity contribution in [3.8, 4) is 27.9 Å². The number of benzene rings is 10. The van der Waals surface area contributed by atoms with Gasteiger partial charge < -0.3 is 9.47 Å². The third-order valence-corrected chi connectivity index (χ3v) is 13.2. The van der Waals surface area contributed by atoms with E-state index >= 15 is 0 Å². The molecular weight excluding hydrogens is 785 g/mol. The van der Waals surface area contributed by atoms with Gasteiger partial charge in [-0.05, 0) is 133 Å². The van der Waals surface area contributed by atoms with Crippen LogP contribution in [0.5, 0.6) is 0 Å². The van der Waals surface area contributed by atoms with Crippen LogP contribution in [-0.2, 0) is 5.41 Å². The number of hydrogen-bond donors (Lipinski definition) is 0. The minimum atomic E-state index is -0.895. The average molecular weight is 834 g/mol. The first-order chi connectivity index (χ1) is 34.3. The van der Waals surface area contributed by atoms with E-state index in [0.29, 0.717) is 16.9 Å². The molecule has 0 aliphatic heterocycles. The zero-order chi connectivity index (χ0) is 47.8. The second-order valence-electron chi connectivity index (χ2n) is 16.5. The second-order valence-corrected chi connectivity index (χ2v) is 16.5. The molecule has 0 saturated carbocycles. The zero-order valence-corrected chi connectivity index (χ0v) is 35.5. The van der Waals surface area contributed by atoms with Crippen molar-refractivity contribution in [1.82, 2.24) is 4.57 Å². The highest BCUT2D eigenvalue weighted by molar-refractivity contribution is 6.14. The number of hydrogen-bond acceptors (Lipinski definition) is 1. The standard InChI is InChI=1S/C63H44N2/c1-3-18-45(4-2)63(46-20-6-5-7-21-46)59-28-15-12-25-54(59)55-40-39-50(42-60(55)63)64(48-35-37-49(38-36-48)65-61-29-16-13-26-56(61)57-27-14-17-30-62(57)65)47-33-31-43(32-34-47)58-41-44-19-8-9-22-51(44)52-23-10-11-24-53(52)58/h3-42H,1-2H2/b45-18+/i31D,32D,33D,34D,39D. The van der Waals surface area contributed by atoms with E-state index in [0.717, 1.165) is 82.4 Å². The molecule has 1 unspecified atom stereocenters. The molecule has 2 heteroatoms. The molecule has 1 atom stereocenters. The Balaban J connectivity index is 1.14. The summed E-state index contributed by atoms with van der Waals surface area (Å²) in [5, 5.41) is 6.05. The van der Waals surface area contributed by atoms with E-state index in [4.69, 9.17) is 0 Å². The van der Waals surface area contributed by atoms with Crippen molar-refractivity contribution in [3.05, 3.63) is 278 Å². The largest absolute Gasteiger partial charge is 0.310 e. The summed E-state index contributed by atoms with van der Waals surface area (Å²) in [4.78, 5) is 1.75. The maximum atomic E-state index is 10.0. The van der Waals surface area contributed by atoms with Gasteiger partial charge in [0.1, 0.15) is 0 Å². The monoisotopic (exact) mass is 833 g/mol. The summed E-state index contributed by atoms with van der Waals surface area (Å²) >= 11 is 0. The molecule has 0 amide bonds. The molecule has 2 nitrogen and oxygen atoms in total. The van der Waals surface area contributed by atoms with Crippen LogP contribution < -0.4 is 4.90 Å². The highest BCUT2D eigenvalue weighted by Crippen LogP contribution is 2.58. The number of allylic oxidation sites excluding steroid dienone is 4. The molecule has 1 aliphatic carbocycles. The number of rotatable bonds is 9. The number of para-hydroxylation sites is 2. The summed E-state index contributed by atoms with van der Waals surface area (Å²) in [7, 11) is 0. The smallest absolute Gasteiger partial charge is 0.0714 e. The molecule has 306 valence electrons. The fourth-order valence-corrected chi connectivity index (χ4v) is 10.4. The van der Waals surface area contributed by atoms with E-state index in [1.165, 1.54) is 0 Å². The second kappa shape index (κ2) is 15.4. The zero-order valence-electron chi connectivity index (χ0n) is 40.5. The fourth-order valence-electron chi connectivity index (χ4n) is 10.4. The Morgan fingerprint density at radius 3 is 1.78 bits per heavy atom. The minimum Gasteiger partial charge on any atom is -0.310 e. The van der Waals surface area contributed by atoms with Gasteiger partial charge in [-0.3, -0.25) is 0 Å². The normalized spacial score (nSPS) is 15.5. The van der Waals surface area contributed by atoms with Gasteiger partial charge in [0.05, 0.1) is 23.3 Å². The Morgan fingerprint density at radius 1 is 0.477 bits per heavy atom. The number of anilines is 3. The van der Waals surface area contributed by atoms with E-state index in [1.54, 1.807) is 11.0 Å². The first-order valence-electron chi connectivity index (χ1n) is 24.4. The lowest BCUT2D eigenvalue weighted by Gasteiger charge is -2.35. The molecule has 0 fully saturated rings. The molecule has 0 radical (unpaired) electrons. The Labute approximate surface area is 386 Å². The molecule has 1 aliphatic rings. The quantitative estimate of drug-likeness (QED) is 0.104. The van der Waals surface area contributed by atoms with Crippen LogP contribution in [0, 0.1) is 0 Å². The molecule has 11 aromatic rings. The van der Waals surface area contributed by atoms with E-state index in [-0.39, 0.29) is 41.5 Å². The van der Waals surface area contributed by atoms with Crippen molar-refractivity contribution in [2.45, 2.75) is 5.41 Å². The van der Waals surface area contributed by atoms with Crippen LogP contribution in [0.2, 0.25) is 0 Å². The maximum Gasteiger partial charge on any atom is 0.0714 e. The maximum absolute atomic E-state index is 10.0. The van der Waals surface area contributed by atoms with Crippen LogP contribution in [0.25, 0.3) is 71.3 Å². The summed E-state index contributed by atoms with van der Waals surface area (Å²) in [6.07, 6.45) is 5.64. The number of fused-ring (bicyclic) bond motifs is 9. The van der Waals surface area contributed by atoms with Gasteiger partial charge in [0.2, 0.25) is 0 Å². The van der Waals surface area contributed by atoms with Crippen LogP contribution in [0.15, 0.2) is 261 Å². The van der Waals surface area contributed by atoms with Crippen molar-refractivity contribution in [2.24, 2.45) is 0 Å². The van der Waals surface area contributed by atoms with E-state index in [2.05, 4.69) is 84.5 Å². The molecule has 1 heterocycles. The lowest BCUT2D eigenvalue weighted by Crippen LogP contribution is -2.29. The summed E-state index contributed by atoms with van der Waals surface area (Å²) < 4.78 is 52.0. The molecule has 0 bridgehead atoms. The van der Waals surface area contributed by atoms with Gasteiger partial charge in [0.25, 0.3) is 0 Å². The Hall–Kier alpha value is -8.46. The van der Waals surface area contributed by atoms with Gasteiger partial charge in [-0.1, -0.05) is 189 Å². The molecule has 0 spiro atoms. The first-order valence-corrected chi connectivity index (χ1v) is 21.9. The van der Waals surface area contributed by atoms with Gasteiger partial charge in [-0.2, -0.15) is 0 Å². The van der Waals surface area contributed by atoms with E-state index in [9.17, 15) is 6.85 Å². The van der Waals surface area contributed by atoms with Crippen LogP contribution in [0.3, 0.4) is 0 Å². The van der Waals surface area contributed by atoms with Gasteiger partial charge >= 0.3 is 0 Å². The molecule has 10 aromatic carbocycles. The predicted molar refractivity (Wildman–Crippen MR) is 276 cm³/mol. The minimum absolute atomic E-state index is 0.0355. The number of aromatic nitrogens is 1. The van der Waals surface area contributed by atoms with E-state index in [1.807, 2.05) is 140 Å². The summed E-state index contributed by atoms with van der Waals surface area (Å²) in [6.45, 7) is 8.44. The summed E-state index contributed by atoms with van der Waals surface area (Å²) in [5.74, 6) is 0. The van der Waals surface area contributed by atoms with Crippen LogP contribution in [0.4, 0.5) is 17.1 Å². The van der Waals surface area contributed by atoms with Crippen LogP contribution in [-0.4, -0.2) is 4.57 Å². The van der Waals surface area contributed by atoms with Crippen LogP contribution in [0.1, 0.15) is 23.5 Å². The van der Waals surface area contributed by atoms with Crippen LogP contribution >= 0.6 is 0 Å². The average Bonchev–Trinajstić information content (AvgIpc) is 3.89. The van der Waals surface area contributed by atoms with E-state index < -0.39 is 5.41 Å². The van der Waals surface area contributed by atoms with Gasteiger partial charge in [-0.15, -0.1) is 0 Å². The molecule has 65 heavy (non-hydrogen) atoms. The lowest BCUT2D eigenvalue weighted by molar-refractivity contribution is 0.767. The SMILES string of the molecule is [2H]c1cc2c(cc1N(c1ccc(-n3c4ccccc4c4ccccc43)cc1)c1c([2H])c([2H])c(-c3cc4ccccc4c4ccccc34)c([2H])c1[2H])C(/C(C=C)=C/C=C)(c1ccccc1)c1ccccc1-2. The molecule has 12 rings (SSSR count). The van der Waals surface area contributed by atoms with Gasteiger partial charge in [-0.25, -0.2) is 0 Å². The Kier molecular flexibility index (Phi) is 7.86. The Bertz CT molecular complexity index is 3920. The molecular formula is C63H44N2. The Morgan fingerprint density at radius 2 is 1.08 bits per heavy atom.